The molecular formula is C25H19Cl2NO4S. The number of halogens is 2. The summed E-state index contributed by atoms with van der Waals surface area (Å²) in [5, 5.41) is 0.462. The maximum absolute atomic E-state index is 12.9. The molecule has 0 unspecified atom stereocenters. The number of thioether (sulfide) groups is 1. The highest BCUT2D eigenvalue weighted by molar-refractivity contribution is 8.18. The summed E-state index contributed by atoms with van der Waals surface area (Å²) in [6, 6.07) is 18.3. The number of imide groups is 1. The van der Waals surface area contributed by atoms with Gasteiger partial charge in [0.15, 0.2) is 0 Å². The SMILES string of the molecule is COc1ccc(-c2cc(C=C3SC(=O)N(Cc4ccc(Cl)c(Cl)c4)C3=O)ccc2OC)cc1. The normalized spacial score (nSPS) is 14.8. The van der Waals surface area contributed by atoms with Crippen molar-refractivity contribution in [1.82, 2.24) is 4.90 Å². The maximum atomic E-state index is 12.9. The number of amides is 2. The number of carbonyl (C=O) groups is 2. The molecule has 4 rings (SSSR count). The zero-order valence-electron chi connectivity index (χ0n) is 17.8. The molecular weight excluding hydrogens is 481 g/mol. The first kappa shape index (κ1) is 23.2. The van der Waals surface area contributed by atoms with Crippen molar-refractivity contribution in [2.24, 2.45) is 0 Å². The molecule has 3 aromatic rings. The van der Waals surface area contributed by atoms with Gasteiger partial charge in [-0.15, -0.1) is 0 Å². The summed E-state index contributed by atoms with van der Waals surface area (Å²) in [4.78, 5) is 27.0. The average Bonchev–Trinajstić information content (AvgIpc) is 3.08. The molecule has 1 saturated heterocycles. The third kappa shape index (κ3) is 5.03. The van der Waals surface area contributed by atoms with E-state index in [2.05, 4.69) is 0 Å². The van der Waals surface area contributed by atoms with Crippen LogP contribution in [0.4, 0.5) is 4.79 Å². The van der Waals surface area contributed by atoms with Crippen molar-refractivity contribution in [3.8, 4) is 22.6 Å². The maximum Gasteiger partial charge on any atom is 0.293 e. The van der Waals surface area contributed by atoms with E-state index in [4.69, 9.17) is 32.7 Å². The average molecular weight is 500 g/mol. The molecule has 1 fully saturated rings. The van der Waals surface area contributed by atoms with Gasteiger partial charge < -0.3 is 9.47 Å². The zero-order chi connectivity index (χ0) is 23.5. The van der Waals surface area contributed by atoms with Gasteiger partial charge in [0.05, 0.1) is 35.7 Å². The number of carbonyl (C=O) groups excluding carboxylic acids is 2. The van der Waals surface area contributed by atoms with Gasteiger partial charge in [0.25, 0.3) is 11.1 Å². The lowest BCUT2D eigenvalue weighted by Gasteiger charge is -2.13. The lowest BCUT2D eigenvalue weighted by Crippen LogP contribution is -2.27. The van der Waals surface area contributed by atoms with Crippen LogP contribution in [-0.2, 0) is 11.3 Å². The summed E-state index contributed by atoms with van der Waals surface area (Å²) in [5.41, 5.74) is 3.31. The van der Waals surface area contributed by atoms with Gasteiger partial charge in [0, 0.05) is 5.56 Å². The summed E-state index contributed by atoms with van der Waals surface area (Å²) in [6.45, 7) is 0.124. The van der Waals surface area contributed by atoms with Crippen LogP contribution in [-0.4, -0.2) is 30.3 Å². The highest BCUT2D eigenvalue weighted by atomic mass is 35.5. The van der Waals surface area contributed by atoms with E-state index < -0.39 is 0 Å². The Hall–Kier alpha value is -2.93. The minimum Gasteiger partial charge on any atom is -0.497 e. The molecule has 0 N–H and O–H groups in total. The fourth-order valence-electron chi connectivity index (χ4n) is 3.42. The molecule has 0 spiro atoms. The van der Waals surface area contributed by atoms with Crippen molar-refractivity contribution in [2.75, 3.05) is 14.2 Å². The second kappa shape index (κ2) is 9.91. The predicted octanol–water partition coefficient (Wildman–Crippen LogP) is 6.91. The number of methoxy groups -OCH3 is 2. The Balaban J connectivity index is 1.61. The molecule has 1 aliphatic rings. The van der Waals surface area contributed by atoms with Crippen molar-refractivity contribution < 1.29 is 19.1 Å². The predicted molar refractivity (Wildman–Crippen MR) is 133 cm³/mol. The lowest BCUT2D eigenvalue weighted by atomic mass is 10.0. The Kier molecular flexibility index (Phi) is 6.98. The summed E-state index contributed by atoms with van der Waals surface area (Å²) in [6.07, 6.45) is 1.71. The number of ether oxygens (including phenoxy) is 2. The van der Waals surface area contributed by atoms with Crippen LogP contribution in [0.15, 0.2) is 65.6 Å². The van der Waals surface area contributed by atoms with Crippen molar-refractivity contribution in [1.29, 1.82) is 0 Å². The second-order valence-corrected chi connectivity index (χ2v) is 9.01. The molecule has 2 amide bonds. The van der Waals surface area contributed by atoms with Crippen molar-refractivity contribution in [3.63, 3.8) is 0 Å². The van der Waals surface area contributed by atoms with Crippen molar-refractivity contribution in [2.45, 2.75) is 6.54 Å². The van der Waals surface area contributed by atoms with Crippen LogP contribution >= 0.6 is 35.0 Å². The molecule has 0 saturated carbocycles. The number of nitrogens with zero attached hydrogens (tertiary/aromatic N) is 1. The van der Waals surface area contributed by atoms with E-state index in [9.17, 15) is 9.59 Å². The molecule has 5 nitrogen and oxygen atoms in total. The van der Waals surface area contributed by atoms with E-state index in [1.54, 1.807) is 38.5 Å². The highest BCUT2D eigenvalue weighted by Gasteiger charge is 2.35. The van der Waals surface area contributed by atoms with Crippen LogP contribution in [0.1, 0.15) is 11.1 Å². The van der Waals surface area contributed by atoms with E-state index in [1.165, 1.54) is 4.90 Å². The molecule has 33 heavy (non-hydrogen) atoms. The quantitative estimate of drug-likeness (QED) is 0.344. The van der Waals surface area contributed by atoms with Crippen LogP contribution in [0.5, 0.6) is 11.5 Å². The zero-order valence-corrected chi connectivity index (χ0v) is 20.1. The van der Waals surface area contributed by atoms with Crippen LogP contribution < -0.4 is 9.47 Å². The summed E-state index contributed by atoms with van der Waals surface area (Å²) in [7, 11) is 3.22. The molecule has 0 aliphatic carbocycles. The van der Waals surface area contributed by atoms with Gasteiger partial charge in [0.1, 0.15) is 11.5 Å². The van der Waals surface area contributed by atoms with E-state index in [1.807, 2.05) is 42.5 Å². The summed E-state index contributed by atoms with van der Waals surface area (Å²) < 4.78 is 10.7. The van der Waals surface area contributed by atoms with Crippen LogP contribution in [0, 0.1) is 0 Å². The summed E-state index contributed by atoms with van der Waals surface area (Å²) >= 11 is 12.9. The first-order valence-electron chi connectivity index (χ1n) is 9.91. The minimum atomic E-state index is -0.349. The third-order valence-electron chi connectivity index (χ3n) is 5.12. The molecule has 0 bridgehead atoms. The number of rotatable bonds is 6. The molecule has 1 heterocycles. The minimum absolute atomic E-state index is 0.124. The molecule has 168 valence electrons. The van der Waals surface area contributed by atoms with Gasteiger partial charge in [-0.25, -0.2) is 0 Å². The van der Waals surface area contributed by atoms with Gasteiger partial charge in [-0.2, -0.15) is 0 Å². The van der Waals surface area contributed by atoms with E-state index in [0.29, 0.717) is 20.7 Å². The van der Waals surface area contributed by atoms with E-state index in [0.717, 1.165) is 39.8 Å². The fourth-order valence-corrected chi connectivity index (χ4v) is 4.58. The monoisotopic (exact) mass is 499 g/mol. The third-order valence-corrected chi connectivity index (χ3v) is 6.77. The van der Waals surface area contributed by atoms with Gasteiger partial charge in [-0.05, 0) is 70.9 Å². The molecule has 0 radical (unpaired) electrons. The standard InChI is InChI=1S/C25H19Cl2NO4S/c1-31-18-7-5-17(6-8-18)19-11-15(4-10-22(19)32-2)13-23-24(29)28(25(30)33-23)14-16-3-9-20(26)21(27)12-16/h3-13H,14H2,1-2H3. The molecule has 3 aromatic carbocycles. The summed E-state index contributed by atoms with van der Waals surface area (Å²) in [5.74, 6) is 1.10. The van der Waals surface area contributed by atoms with Crippen LogP contribution in [0.3, 0.4) is 0 Å². The first-order chi connectivity index (χ1) is 15.9. The van der Waals surface area contributed by atoms with Gasteiger partial charge in [0.2, 0.25) is 0 Å². The van der Waals surface area contributed by atoms with E-state index >= 15 is 0 Å². The Bertz CT molecular complexity index is 1260. The Morgan fingerprint density at radius 1 is 0.909 bits per heavy atom. The Morgan fingerprint density at radius 3 is 2.33 bits per heavy atom. The lowest BCUT2D eigenvalue weighted by molar-refractivity contribution is -0.123. The largest absolute Gasteiger partial charge is 0.497 e. The van der Waals surface area contributed by atoms with Gasteiger partial charge >= 0.3 is 0 Å². The van der Waals surface area contributed by atoms with Gasteiger partial charge in [-0.1, -0.05) is 47.5 Å². The van der Waals surface area contributed by atoms with Crippen LogP contribution in [0.25, 0.3) is 17.2 Å². The van der Waals surface area contributed by atoms with Gasteiger partial charge in [-0.3, -0.25) is 14.5 Å². The number of hydrogen-bond acceptors (Lipinski definition) is 5. The van der Waals surface area contributed by atoms with E-state index in [-0.39, 0.29) is 17.7 Å². The molecule has 0 aromatic heterocycles. The topological polar surface area (TPSA) is 55.8 Å². The number of hydrogen-bond donors (Lipinski definition) is 0. The fraction of sp³-hybridized carbons (Fsp3) is 0.120. The van der Waals surface area contributed by atoms with Crippen LogP contribution in [0.2, 0.25) is 10.0 Å². The smallest absolute Gasteiger partial charge is 0.293 e. The van der Waals surface area contributed by atoms with Crippen molar-refractivity contribution in [3.05, 3.63) is 86.7 Å². The Morgan fingerprint density at radius 2 is 1.67 bits per heavy atom. The highest BCUT2D eigenvalue weighted by Crippen LogP contribution is 2.36. The number of benzene rings is 3. The molecule has 1 aliphatic heterocycles. The first-order valence-corrected chi connectivity index (χ1v) is 11.5. The molecule has 8 heteroatoms. The van der Waals surface area contributed by atoms with Crippen molar-refractivity contribution >= 4 is 52.2 Å². The second-order valence-electron chi connectivity index (χ2n) is 7.20. The molecule has 0 atom stereocenters. The Labute approximate surface area is 205 Å².